The number of hydrogen-bond donors (Lipinski definition) is 3. The van der Waals surface area contributed by atoms with E-state index in [0.29, 0.717) is 47.7 Å². The molecule has 258 valence electrons. The summed E-state index contributed by atoms with van der Waals surface area (Å²) in [4.78, 5) is 37.5. The Hall–Kier alpha value is -2.46. The van der Waals surface area contributed by atoms with Crippen molar-refractivity contribution in [3.63, 3.8) is 0 Å². The number of aliphatic hydroxyl groups excluding tert-OH is 1. The lowest BCUT2D eigenvalue weighted by atomic mass is 9.77. The highest BCUT2D eigenvalue weighted by atomic mass is 31.2. The summed E-state index contributed by atoms with van der Waals surface area (Å²) in [7, 11) is -5.06. The zero-order valence-corrected chi connectivity index (χ0v) is 29.0. The molecule has 11 heteroatoms. The zero-order chi connectivity index (χ0) is 33.4. The minimum Gasteiger partial charge on any atom is -0.746 e. The summed E-state index contributed by atoms with van der Waals surface area (Å²) in [6.07, 6.45) is 7.26. The number of ether oxygens (including phenoxy) is 1. The van der Waals surface area contributed by atoms with Gasteiger partial charge < -0.3 is 38.9 Å². The number of hydrogen-bond acceptors (Lipinski definition) is 7. The van der Waals surface area contributed by atoms with E-state index in [1.54, 1.807) is 12.1 Å². The van der Waals surface area contributed by atoms with Gasteiger partial charge in [0.1, 0.15) is 18.8 Å². The lowest BCUT2D eigenvalue weighted by Crippen LogP contribution is -2.64. The quantitative estimate of drug-likeness (QED) is 0.240. The Labute approximate surface area is 279 Å². The summed E-state index contributed by atoms with van der Waals surface area (Å²) in [5.41, 5.74) is 3.65. The Balaban J connectivity index is 1.21. The van der Waals surface area contributed by atoms with Gasteiger partial charge in [-0.1, -0.05) is 49.6 Å². The molecular weight excluding hydrogens is 617 g/mol. The number of piperidine rings is 3. The SMILES string of the molecule is CC(C)(C)NCC(O)c1ccc(OP(=O)([O-])O)c(C[N+]23CCC(CC2)C(OC(=O)N2CCc4ccccc4C2C2CCCCC2)C3)c1. The third-order valence-corrected chi connectivity index (χ3v) is 11.4. The predicted molar refractivity (Wildman–Crippen MR) is 177 cm³/mol. The monoisotopic (exact) mass is 669 g/mol. The van der Waals surface area contributed by atoms with E-state index in [2.05, 4.69) is 29.6 Å². The molecule has 1 amide bonds. The second-order valence-corrected chi connectivity index (χ2v) is 16.6. The van der Waals surface area contributed by atoms with Gasteiger partial charge in [0, 0.05) is 43.0 Å². The van der Waals surface area contributed by atoms with Crippen molar-refractivity contribution in [1.29, 1.82) is 0 Å². The van der Waals surface area contributed by atoms with E-state index in [4.69, 9.17) is 9.26 Å². The molecule has 2 aromatic rings. The molecule has 47 heavy (non-hydrogen) atoms. The van der Waals surface area contributed by atoms with Gasteiger partial charge in [-0.2, -0.15) is 0 Å². The summed E-state index contributed by atoms with van der Waals surface area (Å²) >= 11 is 0. The van der Waals surface area contributed by atoms with E-state index in [9.17, 15) is 24.3 Å². The van der Waals surface area contributed by atoms with Gasteiger partial charge in [-0.3, -0.25) is 4.57 Å². The highest BCUT2D eigenvalue weighted by Crippen LogP contribution is 2.44. The third kappa shape index (κ3) is 8.23. The van der Waals surface area contributed by atoms with Crippen LogP contribution in [0.4, 0.5) is 4.79 Å². The smallest absolute Gasteiger partial charge is 0.410 e. The lowest BCUT2D eigenvalue weighted by molar-refractivity contribution is -0.958. The van der Waals surface area contributed by atoms with Gasteiger partial charge in [0.05, 0.1) is 25.2 Å². The van der Waals surface area contributed by atoms with E-state index in [0.717, 1.165) is 45.2 Å². The Bertz CT molecular complexity index is 1460. The van der Waals surface area contributed by atoms with Crippen LogP contribution in [0.1, 0.15) is 100 Å². The first kappa shape index (κ1) is 34.4. The highest BCUT2D eigenvalue weighted by Gasteiger charge is 2.49. The van der Waals surface area contributed by atoms with Gasteiger partial charge in [-0.05, 0) is 74.8 Å². The molecule has 0 spiro atoms. The van der Waals surface area contributed by atoms with Crippen molar-refractivity contribution < 1.29 is 38.0 Å². The molecule has 4 unspecified atom stereocenters. The van der Waals surface area contributed by atoms with Crippen molar-refractivity contribution >= 4 is 13.9 Å². The standard InChI is InChI=1S/C36H52N3O7P/c1-36(2,3)37-22-31(40)28-13-14-32(46-47(42,43)44)29(21-28)23-39-19-16-26(17-20-39)33(24-39)45-35(41)38-18-15-25-9-7-8-12-30(25)34(38)27-10-5-4-6-11-27/h7-9,12-14,21,26-27,31,33-34,37,40H,4-6,10-11,15-20,22-24H2,1-3H3,(H-,42,43,44). The van der Waals surface area contributed by atoms with Gasteiger partial charge in [0.15, 0.2) is 6.10 Å². The summed E-state index contributed by atoms with van der Waals surface area (Å²) in [5, 5.41) is 14.3. The number of amides is 1. The van der Waals surface area contributed by atoms with Crippen LogP contribution >= 0.6 is 7.82 Å². The van der Waals surface area contributed by atoms with E-state index in [-0.39, 0.29) is 35.4 Å². The van der Waals surface area contributed by atoms with Crippen molar-refractivity contribution in [3.8, 4) is 5.75 Å². The molecule has 0 radical (unpaired) electrons. The molecule has 7 rings (SSSR count). The number of carbonyl (C=O) groups excluding carboxylic acids is 1. The first-order valence-corrected chi connectivity index (χ1v) is 19.0. The van der Waals surface area contributed by atoms with Crippen molar-refractivity contribution in [3.05, 3.63) is 64.7 Å². The molecule has 4 heterocycles. The molecular formula is C36H52N3O7P. The number of rotatable bonds is 9. The number of β-amino-alcohol motifs (C(OH)–C–C–N with tert-alkyl or cyclic N) is 1. The molecule has 4 aliphatic heterocycles. The van der Waals surface area contributed by atoms with Crippen LogP contribution in [-0.2, 0) is 22.3 Å². The van der Waals surface area contributed by atoms with Crippen molar-refractivity contribution in [2.24, 2.45) is 11.8 Å². The van der Waals surface area contributed by atoms with Crippen LogP contribution in [0.5, 0.6) is 5.75 Å². The first-order valence-electron chi connectivity index (χ1n) is 17.5. The maximum Gasteiger partial charge on any atom is 0.410 e. The van der Waals surface area contributed by atoms with Gasteiger partial charge in [-0.25, -0.2) is 4.79 Å². The van der Waals surface area contributed by atoms with Gasteiger partial charge in [0.25, 0.3) is 0 Å². The highest BCUT2D eigenvalue weighted by molar-refractivity contribution is 7.45. The topological polar surface area (TPSA) is 131 Å². The Morgan fingerprint density at radius 3 is 2.51 bits per heavy atom. The fraction of sp³-hybridized carbons (Fsp3) is 0.639. The Morgan fingerprint density at radius 1 is 1.09 bits per heavy atom. The number of phosphoric acid groups is 1. The van der Waals surface area contributed by atoms with E-state index in [1.165, 1.54) is 36.5 Å². The van der Waals surface area contributed by atoms with E-state index < -0.39 is 13.9 Å². The van der Waals surface area contributed by atoms with Crippen molar-refractivity contribution in [2.75, 3.05) is 32.7 Å². The van der Waals surface area contributed by atoms with Crippen LogP contribution in [0, 0.1) is 11.8 Å². The van der Waals surface area contributed by atoms with Crippen molar-refractivity contribution in [2.45, 2.75) is 102 Å². The summed E-state index contributed by atoms with van der Waals surface area (Å²) < 4.78 is 23.9. The second-order valence-electron chi connectivity index (χ2n) is 15.4. The lowest BCUT2D eigenvalue weighted by Gasteiger charge is -2.52. The molecule has 0 aromatic heterocycles. The maximum atomic E-state index is 14.1. The van der Waals surface area contributed by atoms with E-state index >= 15 is 0 Å². The molecule has 10 nitrogen and oxygen atoms in total. The summed E-state index contributed by atoms with van der Waals surface area (Å²) in [6, 6.07) is 13.5. The molecule has 1 aliphatic carbocycles. The molecule has 2 aromatic carbocycles. The summed E-state index contributed by atoms with van der Waals surface area (Å²) in [5.74, 6) is 0.781. The van der Waals surface area contributed by atoms with Crippen LogP contribution in [0.25, 0.3) is 0 Å². The average molecular weight is 670 g/mol. The number of benzene rings is 2. The fourth-order valence-corrected chi connectivity index (χ4v) is 8.99. The third-order valence-electron chi connectivity index (χ3n) is 11.0. The Kier molecular flexibility index (Phi) is 10.1. The molecule has 2 bridgehead atoms. The predicted octanol–water partition coefficient (Wildman–Crippen LogP) is 5.37. The minimum atomic E-state index is -5.06. The number of phosphoric ester groups is 1. The molecule has 5 aliphatic rings. The second kappa shape index (κ2) is 13.8. The molecule has 3 N–H and O–H groups in total. The summed E-state index contributed by atoms with van der Waals surface area (Å²) in [6.45, 7) is 9.85. The number of nitrogens with one attached hydrogen (secondary N) is 1. The molecule has 4 fully saturated rings. The molecule has 1 saturated carbocycles. The first-order chi connectivity index (χ1) is 22.3. The van der Waals surface area contributed by atoms with Crippen LogP contribution in [0.2, 0.25) is 0 Å². The van der Waals surface area contributed by atoms with Gasteiger partial charge in [0.2, 0.25) is 0 Å². The molecule has 4 atom stereocenters. The van der Waals surface area contributed by atoms with Crippen LogP contribution in [0.15, 0.2) is 42.5 Å². The number of nitrogens with zero attached hydrogens (tertiary/aromatic N) is 2. The number of fused-ring (bicyclic) bond motifs is 4. The van der Waals surface area contributed by atoms with E-state index in [1.807, 2.05) is 25.7 Å². The minimum absolute atomic E-state index is 0.0416. The number of aliphatic hydroxyl groups is 1. The van der Waals surface area contributed by atoms with Crippen LogP contribution in [0.3, 0.4) is 0 Å². The average Bonchev–Trinajstić information content (AvgIpc) is 3.03. The molecule has 3 saturated heterocycles. The zero-order valence-electron chi connectivity index (χ0n) is 28.1. The fourth-order valence-electron chi connectivity index (χ4n) is 8.56. The van der Waals surface area contributed by atoms with Crippen LogP contribution < -0.4 is 14.7 Å². The maximum absolute atomic E-state index is 14.1. The normalized spacial score (nSPS) is 28.3. The number of quaternary nitrogens is 1. The largest absolute Gasteiger partial charge is 0.746 e. The van der Waals surface area contributed by atoms with Gasteiger partial charge >= 0.3 is 13.9 Å². The number of carbonyl (C=O) groups is 1. The Morgan fingerprint density at radius 2 is 1.81 bits per heavy atom. The van der Waals surface area contributed by atoms with Gasteiger partial charge in [-0.15, -0.1) is 0 Å². The van der Waals surface area contributed by atoms with Crippen molar-refractivity contribution in [1.82, 2.24) is 10.2 Å². The van der Waals surface area contributed by atoms with Crippen LogP contribution in [-0.4, -0.2) is 69.8 Å².